The van der Waals surface area contributed by atoms with Crippen LogP contribution in [0, 0.1) is 0 Å². The fraction of sp³-hybridized carbons (Fsp3) is 0.667. The van der Waals surface area contributed by atoms with Gasteiger partial charge in [0.25, 0.3) is 0 Å². The minimum absolute atomic E-state index is 0.00667. The Balaban J connectivity index is 2.16. The van der Waals surface area contributed by atoms with Crippen molar-refractivity contribution in [2.45, 2.75) is 45.3 Å². The molecule has 1 unspecified atom stereocenters. The maximum atomic E-state index is 13.5. The summed E-state index contributed by atoms with van der Waals surface area (Å²) in [5.41, 5.74) is 1.26. The predicted molar refractivity (Wildman–Crippen MR) is 65.3 cm³/mol. The molecular formula is C12H20FNS. The number of nitrogens with one attached hydrogen (secondary N) is 1. The molecule has 1 atom stereocenters. The number of aryl methyl sites for hydroxylation is 1. The van der Waals surface area contributed by atoms with Crippen molar-refractivity contribution < 1.29 is 4.39 Å². The highest BCUT2D eigenvalue weighted by molar-refractivity contribution is 7.07. The molecular weight excluding hydrogens is 209 g/mol. The molecule has 1 aromatic rings. The van der Waals surface area contributed by atoms with Crippen molar-refractivity contribution in [3.05, 3.63) is 22.4 Å². The second kappa shape index (κ2) is 5.61. The molecule has 0 aliphatic rings. The molecule has 1 aromatic heterocycles. The van der Waals surface area contributed by atoms with Crippen molar-refractivity contribution in [3.8, 4) is 0 Å². The molecule has 1 nitrogen and oxygen atoms in total. The monoisotopic (exact) mass is 229 g/mol. The van der Waals surface area contributed by atoms with Gasteiger partial charge in [0.05, 0.1) is 0 Å². The van der Waals surface area contributed by atoms with Crippen LogP contribution in [-0.2, 0) is 6.42 Å². The molecule has 0 radical (unpaired) electrons. The first-order valence-electron chi connectivity index (χ1n) is 5.37. The lowest BCUT2D eigenvalue weighted by atomic mass is 10.1. The number of alkyl halides is 1. The van der Waals surface area contributed by atoms with Gasteiger partial charge in [-0.25, -0.2) is 4.39 Å². The van der Waals surface area contributed by atoms with Crippen molar-refractivity contribution in [2.75, 3.05) is 6.54 Å². The molecule has 1 heterocycles. The summed E-state index contributed by atoms with van der Waals surface area (Å²) in [6, 6.07) is 2.06. The SMILES string of the molecule is CC(C)(C)NCC(F)CCc1ccsc1. The zero-order valence-electron chi connectivity index (χ0n) is 9.72. The van der Waals surface area contributed by atoms with Gasteiger partial charge in [0.1, 0.15) is 6.17 Å². The second-order valence-corrected chi connectivity index (χ2v) is 5.68. The Morgan fingerprint density at radius 2 is 2.20 bits per heavy atom. The van der Waals surface area contributed by atoms with E-state index in [0.29, 0.717) is 13.0 Å². The summed E-state index contributed by atoms with van der Waals surface area (Å²) in [4.78, 5) is 0. The zero-order chi connectivity index (χ0) is 11.3. The molecule has 0 aliphatic carbocycles. The van der Waals surface area contributed by atoms with Gasteiger partial charge < -0.3 is 5.32 Å². The van der Waals surface area contributed by atoms with E-state index in [-0.39, 0.29) is 5.54 Å². The van der Waals surface area contributed by atoms with Gasteiger partial charge in [0.2, 0.25) is 0 Å². The summed E-state index contributed by atoms with van der Waals surface area (Å²) in [6.07, 6.45) is 0.708. The average Bonchev–Trinajstić information content (AvgIpc) is 2.62. The van der Waals surface area contributed by atoms with Gasteiger partial charge in [-0.05, 0) is 56.0 Å². The highest BCUT2D eigenvalue weighted by Crippen LogP contribution is 2.11. The minimum atomic E-state index is -0.746. The van der Waals surface area contributed by atoms with E-state index in [9.17, 15) is 4.39 Å². The van der Waals surface area contributed by atoms with Crippen LogP contribution in [0.25, 0.3) is 0 Å². The molecule has 86 valence electrons. The van der Waals surface area contributed by atoms with Crippen molar-refractivity contribution in [1.29, 1.82) is 0 Å². The molecule has 0 amide bonds. The number of halogens is 1. The maximum Gasteiger partial charge on any atom is 0.113 e. The van der Waals surface area contributed by atoms with E-state index in [2.05, 4.69) is 37.5 Å². The van der Waals surface area contributed by atoms with Crippen molar-refractivity contribution in [1.82, 2.24) is 5.32 Å². The number of thiophene rings is 1. The molecule has 1 rings (SSSR count). The molecule has 0 fully saturated rings. The fourth-order valence-electron chi connectivity index (χ4n) is 1.28. The van der Waals surface area contributed by atoms with Gasteiger partial charge in [-0.3, -0.25) is 0 Å². The van der Waals surface area contributed by atoms with E-state index in [4.69, 9.17) is 0 Å². The van der Waals surface area contributed by atoms with E-state index in [1.807, 2.05) is 5.38 Å². The standard InChI is InChI=1S/C12H20FNS/c1-12(2,3)14-8-11(13)5-4-10-6-7-15-9-10/h6-7,9,11,14H,4-5,8H2,1-3H3. The highest BCUT2D eigenvalue weighted by atomic mass is 32.1. The van der Waals surface area contributed by atoms with E-state index in [1.165, 1.54) is 5.56 Å². The first-order chi connectivity index (χ1) is 6.97. The summed E-state index contributed by atoms with van der Waals surface area (Å²) >= 11 is 1.67. The first kappa shape index (κ1) is 12.7. The minimum Gasteiger partial charge on any atom is -0.309 e. The first-order valence-corrected chi connectivity index (χ1v) is 6.32. The third kappa shape index (κ3) is 5.90. The van der Waals surface area contributed by atoms with Crippen molar-refractivity contribution >= 4 is 11.3 Å². The quantitative estimate of drug-likeness (QED) is 0.816. The lowest BCUT2D eigenvalue weighted by Crippen LogP contribution is -2.39. The molecule has 0 bridgehead atoms. The van der Waals surface area contributed by atoms with Crippen molar-refractivity contribution in [2.24, 2.45) is 0 Å². The smallest absolute Gasteiger partial charge is 0.113 e. The number of hydrogen-bond acceptors (Lipinski definition) is 2. The van der Waals surface area contributed by atoms with Crippen LogP contribution in [-0.4, -0.2) is 18.3 Å². The van der Waals surface area contributed by atoms with Crippen LogP contribution in [0.1, 0.15) is 32.8 Å². The topological polar surface area (TPSA) is 12.0 Å². The molecule has 3 heteroatoms. The Kier molecular flexibility index (Phi) is 4.74. The predicted octanol–water partition coefficient (Wildman–Crippen LogP) is 3.41. The van der Waals surface area contributed by atoms with Crippen LogP contribution >= 0.6 is 11.3 Å². The average molecular weight is 229 g/mol. The van der Waals surface area contributed by atoms with Crippen LogP contribution < -0.4 is 5.32 Å². The molecule has 1 N–H and O–H groups in total. The lowest BCUT2D eigenvalue weighted by molar-refractivity contribution is 0.272. The summed E-state index contributed by atoms with van der Waals surface area (Å²) < 4.78 is 13.5. The molecule has 15 heavy (non-hydrogen) atoms. The Bertz CT molecular complexity index is 264. The van der Waals surface area contributed by atoms with Crippen LogP contribution in [0.4, 0.5) is 4.39 Å². The highest BCUT2D eigenvalue weighted by Gasteiger charge is 2.13. The largest absolute Gasteiger partial charge is 0.309 e. The van der Waals surface area contributed by atoms with Gasteiger partial charge in [-0.2, -0.15) is 11.3 Å². The molecule has 0 saturated heterocycles. The van der Waals surface area contributed by atoms with E-state index < -0.39 is 6.17 Å². The van der Waals surface area contributed by atoms with E-state index >= 15 is 0 Å². The fourth-order valence-corrected chi connectivity index (χ4v) is 1.98. The molecule has 0 aliphatic heterocycles. The number of rotatable bonds is 5. The zero-order valence-corrected chi connectivity index (χ0v) is 10.5. The summed E-state index contributed by atoms with van der Waals surface area (Å²) in [5, 5.41) is 7.30. The van der Waals surface area contributed by atoms with E-state index in [1.54, 1.807) is 11.3 Å². The van der Waals surface area contributed by atoms with Gasteiger partial charge in [-0.1, -0.05) is 0 Å². The van der Waals surface area contributed by atoms with Gasteiger partial charge in [0, 0.05) is 12.1 Å². The number of hydrogen-bond donors (Lipinski definition) is 1. The third-order valence-corrected chi connectivity index (χ3v) is 2.91. The Morgan fingerprint density at radius 3 is 2.73 bits per heavy atom. The Hall–Kier alpha value is -0.410. The van der Waals surface area contributed by atoms with Crippen molar-refractivity contribution in [3.63, 3.8) is 0 Å². The van der Waals surface area contributed by atoms with Gasteiger partial charge in [-0.15, -0.1) is 0 Å². The normalized spacial score (nSPS) is 14.1. The molecule has 0 saturated carbocycles. The van der Waals surface area contributed by atoms with Gasteiger partial charge in [0.15, 0.2) is 0 Å². The van der Waals surface area contributed by atoms with Crippen LogP contribution in [0.5, 0.6) is 0 Å². The molecule has 0 spiro atoms. The Morgan fingerprint density at radius 1 is 1.47 bits per heavy atom. The second-order valence-electron chi connectivity index (χ2n) is 4.90. The Labute approximate surface area is 95.7 Å². The van der Waals surface area contributed by atoms with E-state index in [0.717, 1.165) is 6.42 Å². The third-order valence-electron chi connectivity index (χ3n) is 2.18. The molecule has 0 aromatic carbocycles. The van der Waals surface area contributed by atoms with Crippen LogP contribution in [0.2, 0.25) is 0 Å². The summed E-state index contributed by atoms with van der Waals surface area (Å²) in [6.45, 7) is 6.61. The van der Waals surface area contributed by atoms with Crippen LogP contribution in [0.15, 0.2) is 16.8 Å². The summed E-state index contributed by atoms with van der Waals surface area (Å²) in [5.74, 6) is 0. The maximum absolute atomic E-state index is 13.5. The van der Waals surface area contributed by atoms with Crippen LogP contribution in [0.3, 0.4) is 0 Å². The van der Waals surface area contributed by atoms with Gasteiger partial charge >= 0.3 is 0 Å². The summed E-state index contributed by atoms with van der Waals surface area (Å²) in [7, 11) is 0. The lowest BCUT2D eigenvalue weighted by Gasteiger charge is -2.21.